The van der Waals surface area contributed by atoms with Crippen LogP contribution in [0.3, 0.4) is 0 Å². The molecule has 0 aliphatic heterocycles. The molecule has 0 atom stereocenters. The summed E-state index contributed by atoms with van der Waals surface area (Å²) in [6.45, 7) is 2.76. The molecule has 0 aliphatic carbocycles. The van der Waals surface area contributed by atoms with Gasteiger partial charge in [-0.3, -0.25) is 4.98 Å². The largest absolute Gasteiger partial charge is 0.383 e. The van der Waals surface area contributed by atoms with Crippen molar-refractivity contribution in [2.24, 2.45) is 0 Å². The van der Waals surface area contributed by atoms with E-state index < -0.39 is 0 Å². The van der Waals surface area contributed by atoms with Crippen LogP contribution < -0.4 is 5.73 Å². The van der Waals surface area contributed by atoms with E-state index in [2.05, 4.69) is 20.1 Å². The molecule has 19 heavy (non-hydrogen) atoms. The van der Waals surface area contributed by atoms with Crippen LogP contribution in [0.1, 0.15) is 6.92 Å². The molecule has 3 aromatic rings. The first-order valence-corrected chi connectivity index (χ1v) is 6.66. The molecule has 3 rings (SSSR count). The Hall–Kier alpha value is -2.15. The molecule has 0 saturated heterocycles. The van der Waals surface area contributed by atoms with Gasteiger partial charge >= 0.3 is 0 Å². The Bertz CT molecular complexity index is 709. The SMILES string of the molecule is CCn1nc(Sc2ccncc2)c2c(N)ncnc21. The topological polar surface area (TPSA) is 82.5 Å². The van der Waals surface area contributed by atoms with Gasteiger partial charge in [0.1, 0.15) is 17.2 Å². The molecule has 6 nitrogen and oxygen atoms in total. The van der Waals surface area contributed by atoms with Crippen LogP contribution in [0.5, 0.6) is 0 Å². The quantitative estimate of drug-likeness (QED) is 0.785. The Balaban J connectivity index is 2.13. The molecule has 0 saturated carbocycles. The van der Waals surface area contributed by atoms with E-state index >= 15 is 0 Å². The number of rotatable bonds is 3. The van der Waals surface area contributed by atoms with Gasteiger partial charge in [0.25, 0.3) is 0 Å². The second-order valence-corrected chi connectivity index (χ2v) is 4.93. The third-order valence-electron chi connectivity index (χ3n) is 2.69. The lowest BCUT2D eigenvalue weighted by Gasteiger charge is -1.98. The van der Waals surface area contributed by atoms with Crippen molar-refractivity contribution in [3.05, 3.63) is 30.9 Å². The lowest BCUT2D eigenvalue weighted by molar-refractivity contribution is 0.656. The molecular weight excluding hydrogens is 260 g/mol. The minimum absolute atomic E-state index is 0.459. The van der Waals surface area contributed by atoms with E-state index in [0.717, 1.165) is 27.5 Å². The van der Waals surface area contributed by atoms with Gasteiger partial charge in [-0.15, -0.1) is 0 Å². The molecule has 0 spiro atoms. The van der Waals surface area contributed by atoms with Crippen molar-refractivity contribution in [1.82, 2.24) is 24.7 Å². The number of nitrogen functional groups attached to an aromatic ring is 1. The molecule has 0 radical (unpaired) electrons. The van der Waals surface area contributed by atoms with Crippen molar-refractivity contribution >= 4 is 28.6 Å². The average molecular weight is 272 g/mol. The highest BCUT2D eigenvalue weighted by Crippen LogP contribution is 2.33. The number of hydrogen-bond acceptors (Lipinski definition) is 6. The third-order valence-corrected chi connectivity index (χ3v) is 3.68. The third kappa shape index (κ3) is 2.12. The van der Waals surface area contributed by atoms with Crippen molar-refractivity contribution in [2.45, 2.75) is 23.4 Å². The Morgan fingerprint density at radius 3 is 2.79 bits per heavy atom. The summed E-state index contributed by atoms with van der Waals surface area (Å²) in [5.74, 6) is 0.459. The van der Waals surface area contributed by atoms with E-state index in [1.54, 1.807) is 12.4 Å². The molecule has 96 valence electrons. The molecular formula is C12H12N6S. The maximum absolute atomic E-state index is 5.95. The highest BCUT2D eigenvalue weighted by molar-refractivity contribution is 7.99. The molecule has 0 aliphatic rings. The standard InChI is InChI=1S/C12H12N6S/c1-2-18-11-9(10(13)15-7-16-11)12(17-18)19-8-3-5-14-6-4-8/h3-7H,2H2,1H3,(H2,13,15,16). The van der Waals surface area contributed by atoms with Gasteiger partial charge in [0.2, 0.25) is 0 Å². The van der Waals surface area contributed by atoms with Crippen LogP contribution in [0, 0.1) is 0 Å². The second kappa shape index (κ2) is 4.85. The summed E-state index contributed by atoms with van der Waals surface area (Å²) in [4.78, 5) is 13.4. The zero-order valence-corrected chi connectivity index (χ0v) is 11.1. The minimum Gasteiger partial charge on any atom is -0.383 e. The van der Waals surface area contributed by atoms with Gasteiger partial charge in [-0.05, 0) is 19.1 Å². The van der Waals surface area contributed by atoms with E-state index in [-0.39, 0.29) is 0 Å². The molecule has 0 fully saturated rings. The summed E-state index contributed by atoms with van der Waals surface area (Å²) in [6, 6.07) is 3.86. The molecule has 0 bridgehead atoms. The summed E-state index contributed by atoms with van der Waals surface area (Å²) < 4.78 is 1.83. The lowest BCUT2D eigenvalue weighted by atomic mass is 10.4. The Labute approximate surface area is 114 Å². The van der Waals surface area contributed by atoms with Crippen LogP contribution in [0.4, 0.5) is 5.82 Å². The van der Waals surface area contributed by atoms with E-state index in [1.807, 2.05) is 23.7 Å². The van der Waals surface area contributed by atoms with Gasteiger partial charge in [-0.2, -0.15) is 5.10 Å². The van der Waals surface area contributed by atoms with E-state index in [1.165, 1.54) is 18.1 Å². The van der Waals surface area contributed by atoms with Crippen LogP contribution in [0.2, 0.25) is 0 Å². The number of anilines is 1. The predicted molar refractivity (Wildman–Crippen MR) is 73.8 cm³/mol. The Morgan fingerprint density at radius 1 is 1.26 bits per heavy atom. The van der Waals surface area contributed by atoms with Crippen molar-refractivity contribution in [2.75, 3.05) is 5.73 Å². The molecule has 7 heteroatoms. The molecule has 0 aromatic carbocycles. The van der Waals surface area contributed by atoms with E-state index in [4.69, 9.17) is 5.73 Å². The van der Waals surface area contributed by atoms with Crippen LogP contribution in [-0.2, 0) is 6.54 Å². The number of aryl methyl sites for hydroxylation is 1. The van der Waals surface area contributed by atoms with E-state index in [9.17, 15) is 0 Å². The van der Waals surface area contributed by atoms with Crippen molar-refractivity contribution in [3.8, 4) is 0 Å². The maximum Gasteiger partial charge on any atom is 0.164 e. The first-order chi connectivity index (χ1) is 9.29. The predicted octanol–water partition coefficient (Wildman–Crippen LogP) is 1.97. The number of pyridine rings is 1. The van der Waals surface area contributed by atoms with Crippen LogP contribution in [0.25, 0.3) is 11.0 Å². The summed E-state index contributed by atoms with van der Waals surface area (Å²) in [6.07, 6.45) is 4.97. The van der Waals surface area contributed by atoms with Crippen molar-refractivity contribution in [3.63, 3.8) is 0 Å². The number of nitrogens with two attached hydrogens (primary N) is 1. The second-order valence-electron chi connectivity index (χ2n) is 3.86. The molecule has 3 heterocycles. The summed E-state index contributed by atoms with van der Waals surface area (Å²) in [5.41, 5.74) is 6.72. The Kier molecular flexibility index (Phi) is 3.04. The van der Waals surface area contributed by atoms with Gasteiger partial charge < -0.3 is 5.73 Å². The monoisotopic (exact) mass is 272 g/mol. The highest BCUT2D eigenvalue weighted by Gasteiger charge is 2.15. The number of fused-ring (bicyclic) bond motifs is 1. The number of aromatic nitrogens is 5. The van der Waals surface area contributed by atoms with Crippen LogP contribution in [0.15, 0.2) is 40.8 Å². The smallest absolute Gasteiger partial charge is 0.164 e. The lowest BCUT2D eigenvalue weighted by Crippen LogP contribution is -1.98. The number of hydrogen-bond donors (Lipinski definition) is 1. The maximum atomic E-state index is 5.95. The zero-order chi connectivity index (χ0) is 13.2. The fourth-order valence-electron chi connectivity index (χ4n) is 1.81. The summed E-state index contributed by atoms with van der Waals surface area (Å²) in [5, 5.41) is 6.17. The molecule has 2 N–H and O–H groups in total. The molecule has 3 aromatic heterocycles. The molecule has 0 amide bonds. The summed E-state index contributed by atoms with van der Waals surface area (Å²) in [7, 11) is 0. The van der Waals surface area contributed by atoms with E-state index in [0.29, 0.717) is 5.82 Å². The van der Waals surface area contributed by atoms with Crippen molar-refractivity contribution in [1.29, 1.82) is 0 Å². The average Bonchev–Trinajstić information content (AvgIpc) is 2.79. The fraction of sp³-hybridized carbons (Fsp3) is 0.167. The fourth-order valence-corrected chi connectivity index (χ4v) is 2.73. The highest BCUT2D eigenvalue weighted by atomic mass is 32.2. The minimum atomic E-state index is 0.459. The van der Waals surface area contributed by atoms with Gasteiger partial charge in [0.05, 0.1) is 5.39 Å². The first-order valence-electron chi connectivity index (χ1n) is 5.84. The number of nitrogens with zero attached hydrogens (tertiary/aromatic N) is 5. The zero-order valence-electron chi connectivity index (χ0n) is 10.3. The normalized spacial score (nSPS) is 11.0. The van der Waals surface area contributed by atoms with Crippen molar-refractivity contribution < 1.29 is 0 Å². The van der Waals surface area contributed by atoms with Gasteiger partial charge in [0.15, 0.2) is 5.65 Å². The van der Waals surface area contributed by atoms with Crippen LogP contribution >= 0.6 is 11.8 Å². The Morgan fingerprint density at radius 2 is 2.05 bits per heavy atom. The molecule has 0 unspecified atom stereocenters. The van der Waals surface area contributed by atoms with Gasteiger partial charge in [-0.1, -0.05) is 11.8 Å². The first kappa shape index (κ1) is 11.9. The van der Waals surface area contributed by atoms with Gasteiger partial charge in [-0.25, -0.2) is 14.6 Å². The van der Waals surface area contributed by atoms with Crippen LogP contribution in [-0.4, -0.2) is 24.7 Å². The van der Waals surface area contributed by atoms with Gasteiger partial charge in [0, 0.05) is 23.8 Å². The summed E-state index contributed by atoms with van der Waals surface area (Å²) >= 11 is 1.54.